The lowest BCUT2D eigenvalue weighted by molar-refractivity contribution is -0.141. The number of hydrogen-bond acceptors (Lipinski definition) is 3. The number of likely N-dealkylation sites (tertiary alicyclic amines) is 1. The van der Waals surface area contributed by atoms with Gasteiger partial charge in [-0.1, -0.05) is 18.2 Å². The Labute approximate surface area is 136 Å². The van der Waals surface area contributed by atoms with E-state index in [0.29, 0.717) is 11.9 Å². The van der Waals surface area contributed by atoms with Crippen LogP contribution in [0.1, 0.15) is 33.1 Å². The number of amides is 1. The van der Waals surface area contributed by atoms with E-state index in [2.05, 4.69) is 12.0 Å². The van der Waals surface area contributed by atoms with Gasteiger partial charge in [0.05, 0.1) is 5.69 Å². The second-order valence-electron chi connectivity index (χ2n) is 6.07. The predicted molar refractivity (Wildman–Crippen MR) is 88.7 cm³/mol. The van der Waals surface area contributed by atoms with Crippen LogP contribution in [0.25, 0.3) is 5.69 Å². The Kier molecular flexibility index (Phi) is 4.65. The average molecular weight is 313 g/mol. The maximum Gasteiger partial charge on any atom is 0.263 e. The topological polar surface area (TPSA) is 47.4 Å². The van der Waals surface area contributed by atoms with Crippen LogP contribution in [-0.4, -0.2) is 39.3 Å². The summed E-state index contributed by atoms with van der Waals surface area (Å²) in [5, 5.41) is 4.39. The fourth-order valence-corrected chi connectivity index (χ4v) is 2.99. The van der Waals surface area contributed by atoms with Crippen molar-refractivity contribution in [2.45, 2.75) is 45.3 Å². The van der Waals surface area contributed by atoms with Crippen LogP contribution in [-0.2, 0) is 4.79 Å². The van der Waals surface area contributed by atoms with Gasteiger partial charge in [-0.15, -0.1) is 5.10 Å². The zero-order chi connectivity index (χ0) is 16.2. The predicted octanol–water partition coefficient (Wildman–Crippen LogP) is 3.04. The summed E-state index contributed by atoms with van der Waals surface area (Å²) in [7, 11) is 0. The number of benzene rings is 1. The number of piperidine rings is 1. The molecule has 1 aromatic carbocycles. The van der Waals surface area contributed by atoms with Crippen LogP contribution < -0.4 is 4.74 Å². The molecule has 0 aliphatic carbocycles. The number of ether oxygens (including phenoxy) is 1. The molecule has 0 unspecified atom stereocenters. The standard InChI is InChI=1S/C18H23N3O2/c1-14-8-6-7-12-20(14)18(22)15(2)23-17-11-13-21(19-17)16-9-4-3-5-10-16/h3-5,9-11,13-15H,6-8,12H2,1-2H3/t14-,15-/m0/s1. The number of para-hydroxylation sites is 1. The smallest absolute Gasteiger partial charge is 0.263 e. The van der Waals surface area contributed by atoms with Crippen LogP contribution in [0.4, 0.5) is 0 Å². The van der Waals surface area contributed by atoms with E-state index in [1.807, 2.05) is 41.4 Å². The van der Waals surface area contributed by atoms with E-state index >= 15 is 0 Å². The molecule has 3 rings (SSSR count). The van der Waals surface area contributed by atoms with Gasteiger partial charge in [0.15, 0.2) is 6.10 Å². The number of carbonyl (C=O) groups excluding carboxylic acids is 1. The molecule has 1 saturated heterocycles. The van der Waals surface area contributed by atoms with Gasteiger partial charge in [-0.25, -0.2) is 4.68 Å². The lowest BCUT2D eigenvalue weighted by atomic mass is 10.0. The van der Waals surface area contributed by atoms with Gasteiger partial charge in [0, 0.05) is 24.8 Å². The average Bonchev–Trinajstić information content (AvgIpc) is 3.04. The first kappa shape index (κ1) is 15.6. The first-order valence-electron chi connectivity index (χ1n) is 8.23. The van der Waals surface area contributed by atoms with Gasteiger partial charge in [-0.2, -0.15) is 0 Å². The first-order chi connectivity index (χ1) is 11.1. The van der Waals surface area contributed by atoms with Crippen LogP contribution >= 0.6 is 0 Å². The Hall–Kier alpha value is -2.30. The highest BCUT2D eigenvalue weighted by Crippen LogP contribution is 2.19. The summed E-state index contributed by atoms with van der Waals surface area (Å²) in [6.07, 6.45) is 4.66. The fourth-order valence-electron chi connectivity index (χ4n) is 2.99. The molecule has 1 aromatic heterocycles. The zero-order valence-corrected chi connectivity index (χ0v) is 13.7. The van der Waals surface area contributed by atoms with E-state index in [-0.39, 0.29) is 5.91 Å². The van der Waals surface area contributed by atoms with Gasteiger partial charge in [0.2, 0.25) is 5.88 Å². The molecule has 0 bridgehead atoms. The summed E-state index contributed by atoms with van der Waals surface area (Å²) >= 11 is 0. The van der Waals surface area contributed by atoms with E-state index in [1.54, 1.807) is 17.7 Å². The Morgan fingerprint density at radius 3 is 2.78 bits per heavy atom. The molecule has 1 aliphatic heterocycles. The van der Waals surface area contributed by atoms with E-state index in [9.17, 15) is 4.79 Å². The number of aromatic nitrogens is 2. The van der Waals surface area contributed by atoms with Crippen molar-refractivity contribution in [1.82, 2.24) is 14.7 Å². The van der Waals surface area contributed by atoms with Gasteiger partial charge >= 0.3 is 0 Å². The molecule has 0 saturated carbocycles. The second kappa shape index (κ2) is 6.86. The van der Waals surface area contributed by atoms with Crippen LogP contribution in [0.3, 0.4) is 0 Å². The lowest BCUT2D eigenvalue weighted by Gasteiger charge is -2.34. The van der Waals surface area contributed by atoms with Crippen molar-refractivity contribution < 1.29 is 9.53 Å². The second-order valence-corrected chi connectivity index (χ2v) is 6.07. The summed E-state index contributed by atoms with van der Waals surface area (Å²) in [4.78, 5) is 14.5. The van der Waals surface area contributed by atoms with Crippen molar-refractivity contribution in [3.63, 3.8) is 0 Å². The largest absolute Gasteiger partial charge is 0.463 e. The van der Waals surface area contributed by atoms with Crippen LogP contribution in [0.5, 0.6) is 5.88 Å². The maximum atomic E-state index is 12.6. The van der Waals surface area contributed by atoms with Crippen molar-refractivity contribution in [3.05, 3.63) is 42.6 Å². The summed E-state index contributed by atoms with van der Waals surface area (Å²) in [5.41, 5.74) is 0.964. The minimum absolute atomic E-state index is 0.0476. The molecule has 1 fully saturated rings. The monoisotopic (exact) mass is 313 g/mol. The van der Waals surface area contributed by atoms with Gasteiger partial charge in [0.25, 0.3) is 5.91 Å². The quantitative estimate of drug-likeness (QED) is 0.871. The molecule has 5 nitrogen and oxygen atoms in total. The Balaban J connectivity index is 1.65. The molecule has 0 spiro atoms. The van der Waals surface area contributed by atoms with Crippen molar-refractivity contribution >= 4 is 5.91 Å². The van der Waals surface area contributed by atoms with E-state index in [4.69, 9.17) is 4.74 Å². The van der Waals surface area contributed by atoms with Crippen LogP contribution in [0, 0.1) is 0 Å². The van der Waals surface area contributed by atoms with E-state index in [0.717, 1.165) is 25.1 Å². The summed E-state index contributed by atoms with van der Waals surface area (Å²) in [6, 6.07) is 11.9. The molecule has 0 N–H and O–H groups in total. The number of carbonyl (C=O) groups is 1. The normalized spacial score (nSPS) is 19.4. The summed E-state index contributed by atoms with van der Waals surface area (Å²) in [5.74, 6) is 0.519. The summed E-state index contributed by atoms with van der Waals surface area (Å²) < 4.78 is 7.50. The molecule has 0 radical (unpaired) electrons. The van der Waals surface area contributed by atoms with Crippen molar-refractivity contribution in [1.29, 1.82) is 0 Å². The van der Waals surface area contributed by atoms with Crippen molar-refractivity contribution in [3.8, 4) is 11.6 Å². The third-order valence-corrected chi connectivity index (χ3v) is 4.32. The molecule has 1 aliphatic rings. The minimum atomic E-state index is -0.519. The molecule has 5 heteroatoms. The molecule has 2 heterocycles. The van der Waals surface area contributed by atoms with E-state index in [1.165, 1.54) is 6.42 Å². The highest BCUT2D eigenvalue weighted by atomic mass is 16.5. The highest BCUT2D eigenvalue weighted by molar-refractivity contribution is 5.81. The Morgan fingerprint density at radius 1 is 1.26 bits per heavy atom. The molecular formula is C18H23N3O2. The van der Waals surface area contributed by atoms with Crippen LogP contribution in [0.2, 0.25) is 0 Å². The molecule has 1 amide bonds. The molecular weight excluding hydrogens is 290 g/mol. The van der Waals surface area contributed by atoms with Crippen molar-refractivity contribution in [2.75, 3.05) is 6.54 Å². The van der Waals surface area contributed by atoms with Gasteiger partial charge in [-0.3, -0.25) is 4.79 Å². The first-order valence-corrected chi connectivity index (χ1v) is 8.23. The lowest BCUT2D eigenvalue weighted by Crippen LogP contribution is -2.47. The SMILES string of the molecule is C[C@H](Oc1ccn(-c2ccccc2)n1)C(=O)N1CCCC[C@@H]1C. The van der Waals surface area contributed by atoms with Gasteiger partial charge < -0.3 is 9.64 Å². The van der Waals surface area contributed by atoms with Crippen molar-refractivity contribution in [2.24, 2.45) is 0 Å². The zero-order valence-electron chi connectivity index (χ0n) is 13.7. The maximum absolute atomic E-state index is 12.6. The molecule has 2 aromatic rings. The molecule has 122 valence electrons. The third kappa shape index (κ3) is 3.55. The highest BCUT2D eigenvalue weighted by Gasteiger charge is 2.28. The Morgan fingerprint density at radius 2 is 2.04 bits per heavy atom. The van der Waals surface area contributed by atoms with Gasteiger partial charge in [-0.05, 0) is 45.2 Å². The van der Waals surface area contributed by atoms with Gasteiger partial charge in [0.1, 0.15) is 0 Å². The van der Waals surface area contributed by atoms with E-state index < -0.39 is 6.10 Å². The molecule has 2 atom stereocenters. The number of rotatable bonds is 4. The molecule has 23 heavy (non-hydrogen) atoms. The summed E-state index contributed by atoms with van der Waals surface area (Å²) in [6.45, 7) is 4.73. The fraction of sp³-hybridized carbons (Fsp3) is 0.444. The van der Waals surface area contributed by atoms with Crippen LogP contribution in [0.15, 0.2) is 42.6 Å². The Bertz CT molecular complexity index is 653. The third-order valence-electron chi connectivity index (χ3n) is 4.32. The number of hydrogen-bond donors (Lipinski definition) is 0. The number of nitrogens with zero attached hydrogens (tertiary/aromatic N) is 3. The minimum Gasteiger partial charge on any atom is -0.463 e.